The summed E-state index contributed by atoms with van der Waals surface area (Å²) < 4.78 is 43.8. The number of hydrogen-bond donors (Lipinski definition) is 2. The second-order valence-corrected chi connectivity index (χ2v) is 11.9. The van der Waals surface area contributed by atoms with E-state index < -0.39 is 33.7 Å². The van der Waals surface area contributed by atoms with E-state index in [9.17, 15) is 9.32 Å². The van der Waals surface area contributed by atoms with Crippen LogP contribution in [-0.2, 0) is 25.9 Å². The van der Waals surface area contributed by atoms with Crippen LogP contribution in [0, 0.1) is 5.95 Å². The largest absolute Gasteiger partial charge is 0.467 e. The molecule has 0 radical (unpaired) electrons. The van der Waals surface area contributed by atoms with Crippen LogP contribution in [0.4, 0.5) is 10.2 Å². The monoisotopic (exact) mass is 593 g/mol. The smallest absolute Gasteiger partial charge is 0.233 e. The van der Waals surface area contributed by atoms with Gasteiger partial charge >= 0.3 is 0 Å². The van der Waals surface area contributed by atoms with Crippen LogP contribution in [0.25, 0.3) is 0 Å². The molecule has 1 aromatic heterocycles. The molecule has 1 saturated heterocycles. The van der Waals surface area contributed by atoms with E-state index in [2.05, 4.69) is 20.9 Å². The van der Waals surface area contributed by atoms with Gasteiger partial charge in [-0.1, -0.05) is 27.5 Å². The number of ether oxygens (including phenoxy) is 3. The fourth-order valence-corrected chi connectivity index (χ4v) is 5.30. The van der Waals surface area contributed by atoms with Gasteiger partial charge < -0.3 is 24.2 Å². The zero-order valence-corrected chi connectivity index (χ0v) is 23.0. The van der Waals surface area contributed by atoms with Crippen molar-refractivity contribution in [3.05, 3.63) is 50.8 Å². The topological polar surface area (TPSA) is 107 Å². The molecule has 2 atom stereocenters. The fourth-order valence-electron chi connectivity index (χ4n) is 4.27. The van der Waals surface area contributed by atoms with Gasteiger partial charge in [-0.3, -0.25) is 5.14 Å². The van der Waals surface area contributed by atoms with Crippen LogP contribution in [0.5, 0.6) is 5.75 Å². The SMILES string of the molecule is COCOc1ccc(Br)cc1[C@@](CO)(CC(C)(C)S(N)=O)c1cc(N2CCOCC2)nc(F)c1Cl. The minimum atomic E-state index is -1.78. The molecule has 2 aromatic rings. The number of methoxy groups -OCH3 is 1. The van der Waals surface area contributed by atoms with E-state index in [0.717, 1.165) is 0 Å². The lowest BCUT2D eigenvalue weighted by Crippen LogP contribution is -2.45. The normalized spacial score (nSPS) is 17.2. The van der Waals surface area contributed by atoms with Crippen LogP contribution >= 0.6 is 27.5 Å². The van der Waals surface area contributed by atoms with E-state index in [1.807, 2.05) is 4.90 Å². The average Bonchev–Trinajstić information content (AvgIpc) is 2.84. The quantitative estimate of drug-likeness (QED) is 0.320. The lowest BCUT2D eigenvalue weighted by Gasteiger charge is -2.40. The minimum Gasteiger partial charge on any atom is -0.467 e. The fraction of sp³-hybridized carbons (Fsp3) is 0.522. The Hall–Kier alpha value is -1.34. The maximum atomic E-state index is 15.2. The van der Waals surface area contributed by atoms with Gasteiger partial charge in [0, 0.05) is 30.2 Å². The number of halogens is 3. The van der Waals surface area contributed by atoms with E-state index in [1.165, 1.54) is 7.11 Å². The molecule has 1 fully saturated rings. The first-order valence-electron chi connectivity index (χ1n) is 10.9. The molecular formula is C23H30BrClFN3O5S. The highest BCUT2D eigenvalue weighted by Gasteiger charge is 2.45. The predicted molar refractivity (Wildman–Crippen MR) is 138 cm³/mol. The Morgan fingerprint density at radius 1 is 1.31 bits per heavy atom. The number of rotatable bonds is 10. The molecule has 0 bridgehead atoms. The Morgan fingerprint density at radius 2 is 2.00 bits per heavy atom. The van der Waals surface area contributed by atoms with Crippen LogP contribution in [-0.4, -0.2) is 65.9 Å². The van der Waals surface area contributed by atoms with Crippen molar-refractivity contribution in [1.82, 2.24) is 4.98 Å². The number of pyridine rings is 1. The number of morpholine rings is 1. The van der Waals surface area contributed by atoms with Crippen molar-refractivity contribution in [2.75, 3.05) is 51.7 Å². The van der Waals surface area contributed by atoms with E-state index in [1.54, 1.807) is 38.1 Å². The van der Waals surface area contributed by atoms with Crippen molar-refractivity contribution in [2.45, 2.75) is 30.4 Å². The Morgan fingerprint density at radius 3 is 2.60 bits per heavy atom. The molecule has 0 aliphatic carbocycles. The van der Waals surface area contributed by atoms with Gasteiger partial charge in [-0.15, -0.1) is 0 Å². The van der Waals surface area contributed by atoms with Crippen molar-refractivity contribution in [1.29, 1.82) is 0 Å². The number of aliphatic hydroxyl groups excluding tert-OH is 1. The third kappa shape index (κ3) is 6.15. The van der Waals surface area contributed by atoms with Crippen molar-refractivity contribution in [3.8, 4) is 5.75 Å². The zero-order valence-electron chi connectivity index (χ0n) is 19.9. The molecular weight excluding hydrogens is 565 g/mol. The molecule has 0 amide bonds. The first-order chi connectivity index (χ1) is 16.6. The number of nitrogens with zero attached hydrogens (tertiary/aromatic N) is 2. The molecule has 0 saturated carbocycles. The molecule has 1 aromatic carbocycles. The summed E-state index contributed by atoms with van der Waals surface area (Å²) in [6.07, 6.45) is 0.0606. The van der Waals surface area contributed by atoms with Gasteiger partial charge in [0.2, 0.25) is 5.95 Å². The number of hydrogen-bond acceptors (Lipinski definition) is 7. The number of anilines is 1. The number of aliphatic hydroxyl groups is 1. The molecule has 3 rings (SSSR count). The molecule has 1 aliphatic rings. The Bertz CT molecular complexity index is 1070. The van der Waals surface area contributed by atoms with Gasteiger partial charge in [-0.05, 0) is 50.1 Å². The summed E-state index contributed by atoms with van der Waals surface area (Å²) in [6.45, 7) is 4.89. The average molecular weight is 595 g/mol. The lowest BCUT2D eigenvalue weighted by molar-refractivity contribution is 0.0489. The summed E-state index contributed by atoms with van der Waals surface area (Å²) in [5.41, 5.74) is -0.562. The van der Waals surface area contributed by atoms with E-state index in [-0.39, 0.29) is 23.8 Å². The van der Waals surface area contributed by atoms with Gasteiger partial charge in [0.25, 0.3) is 0 Å². The number of benzene rings is 1. The maximum Gasteiger partial charge on any atom is 0.233 e. The standard InChI is InChI=1S/C23H30BrClFN3O5S/c1-22(2,35(27)31)12-23(13-30,16-10-15(24)4-5-18(16)34-14-32-3)17-11-19(28-21(26)20(17)25)29-6-8-33-9-7-29/h4-5,10-11,30H,6-9,12-14,27H2,1-3H3/t23-,35?/m0/s1. The Kier molecular flexibility index (Phi) is 9.52. The van der Waals surface area contributed by atoms with Crippen LogP contribution in [0.3, 0.4) is 0 Å². The first kappa shape index (κ1) is 28.2. The predicted octanol–water partition coefficient (Wildman–Crippen LogP) is 3.53. The second-order valence-electron chi connectivity index (χ2n) is 8.90. The first-order valence-corrected chi connectivity index (χ1v) is 13.3. The van der Waals surface area contributed by atoms with Crippen LogP contribution in [0.2, 0.25) is 5.02 Å². The second kappa shape index (κ2) is 11.8. The van der Waals surface area contributed by atoms with Gasteiger partial charge in [0.05, 0.1) is 46.0 Å². The summed E-state index contributed by atoms with van der Waals surface area (Å²) in [5, 5.41) is 16.6. The van der Waals surface area contributed by atoms with Crippen LogP contribution in [0.15, 0.2) is 28.7 Å². The van der Waals surface area contributed by atoms with E-state index >= 15 is 4.39 Å². The number of aromatic nitrogens is 1. The summed E-state index contributed by atoms with van der Waals surface area (Å²) in [4.78, 5) is 5.96. The Labute approximate surface area is 220 Å². The maximum absolute atomic E-state index is 15.2. The van der Waals surface area contributed by atoms with E-state index in [0.29, 0.717) is 47.9 Å². The van der Waals surface area contributed by atoms with Gasteiger partial charge in [-0.2, -0.15) is 4.39 Å². The third-order valence-electron chi connectivity index (χ3n) is 6.09. The number of nitrogens with two attached hydrogens (primary N) is 1. The van der Waals surface area contributed by atoms with Gasteiger partial charge in [0.15, 0.2) is 6.79 Å². The van der Waals surface area contributed by atoms with Crippen LogP contribution in [0.1, 0.15) is 31.4 Å². The van der Waals surface area contributed by atoms with Gasteiger partial charge in [-0.25, -0.2) is 9.19 Å². The lowest BCUT2D eigenvalue weighted by atomic mass is 9.69. The van der Waals surface area contributed by atoms with Crippen molar-refractivity contribution in [2.24, 2.45) is 5.14 Å². The van der Waals surface area contributed by atoms with Gasteiger partial charge in [0.1, 0.15) is 11.6 Å². The summed E-state index contributed by atoms with van der Waals surface area (Å²) in [7, 11) is -0.290. The zero-order chi connectivity index (χ0) is 25.8. The molecule has 3 N–H and O–H groups in total. The van der Waals surface area contributed by atoms with Crippen LogP contribution < -0.4 is 14.8 Å². The Balaban J connectivity index is 2.32. The van der Waals surface area contributed by atoms with Crippen molar-refractivity contribution < 1.29 is 27.9 Å². The minimum absolute atomic E-state index is 0.0557. The molecule has 12 heteroatoms. The molecule has 1 aliphatic heterocycles. The van der Waals surface area contributed by atoms with Crippen molar-refractivity contribution in [3.63, 3.8) is 0 Å². The third-order valence-corrected chi connectivity index (χ3v) is 8.17. The molecule has 8 nitrogen and oxygen atoms in total. The highest BCUT2D eigenvalue weighted by molar-refractivity contribution is 9.10. The highest BCUT2D eigenvalue weighted by atomic mass is 79.9. The van der Waals surface area contributed by atoms with E-state index in [4.69, 9.17) is 31.0 Å². The molecule has 1 unspecified atom stereocenters. The molecule has 194 valence electrons. The summed E-state index contributed by atoms with van der Waals surface area (Å²) in [6, 6.07) is 6.92. The summed E-state index contributed by atoms with van der Waals surface area (Å²) >= 11 is 10.0. The molecule has 35 heavy (non-hydrogen) atoms. The summed E-state index contributed by atoms with van der Waals surface area (Å²) in [5.74, 6) is -0.113. The molecule has 0 spiro atoms. The molecule has 2 heterocycles. The van der Waals surface area contributed by atoms with Crippen molar-refractivity contribution >= 4 is 44.3 Å². The highest BCUT2D eigenvalue weighted by Crippen LogP contribution is 2.48.